The summed E-state index contributed by atoms with van der Waals surface area (Å²) in [5.74, 6) is 1.89. The van der Waals surface area contributed by atoms with Crippen LogP contribution in [0, 0.1) is 0 Å². The second kappa shape index (κ2) is 21.3. The number of hydrogen-bond acceptors (Lipinski definition) is 6. The zero-order valence-electron chi connectivity index (χ0n) is 29.8. The molecule has 0 N–H and O–H groups in total. The summed E-state index contributed by atoms with van der Waals surface area (Å²) in [6, 6.07) is 27.6. The number of hydrogen-bond donors (Lipinski definition) is 0. The standard InChI is InChI=1S/C44H52N2O2S2/c1-3-5-7-9-11-13-31-47-39-21-15-35(16-22-39)43-29-27-41(49-43)25-19-37-33-38(46-34-45-37)20-26-42-28-30-44(50-42)36-17-23-40(24-18-36)48-32-14-12-10-8-6-4-2/h15-30,33-34H,3-14,31-32H2,1-2H3/b25-19+,26-20+. The molecule has 0 fully saturated rings. The summed E-state index contributed by atoms with van der Waals surface area (Å²) in [6.45, 7) is 6.09. The van der Waals surface area contributed by atoms with E-state index in [1.807, 2.05) is 6.07 Å². The largest absolute Gasteiger partial charge is 0.494 e. The van der Waals surface area contributed by atoms with Crippen LogP contribution in [0.15, 0.2) is 85.2 Å². The van der Waals surface area contributed by atoms with Gasteiger partial charge in [-0.25, -0.2) is 9.97 Å². The van der Waals surface area contributed by atoms with Gasteiger partial charge in [0.2, 0.25) is 0 Å². The molecule has 0 unspecified atom stereocenters. The smallest absolute Gasteiger partial charge is 0.119 e. The molecule has 0 aliphatic heterocycles. The predicted octanol–water partition coefficient (Wildman–Crippen LogP) is 13.8. The topological polar surface area (TPSA) is 44.2 Å². The molecule has 0 amide bonds. The Morgan fingerprint density at radius 3 is 1.34 bits per heavy atom. The second-order valence-electron chi connectivity index (χ2n) is 12.7. The molecule has 0 atom stereocenters. The number of thiophene rings is 2. The number of aromatic nitrogens is 2. The lowest BCUT2D eigenvalue weighted by Gasteiger charge is -2.07. The number of benzene rings is 2. The maximum absolute atomic E-state index is 5.97. The van der Waals surface area contributed by atoms with E-state index in [-0.39, 0.29) is 0 Å². The van der Waals surface area contributed by atoms with E-state index in [9.17, 15) is 0 Å². The van der Waals surface area contributed by atoms with Crippen LogP contribution < -0.4 is 9.47 Å². The summed E-state index contributed by atoms with van der Waals surface area (Å²) in [5.41, 5.74) is 4.18. The molecule has 5 aromatic rings. The molecule has 5 rings (SSSR count). The number of rotatable bonds is 22. The van der Waals surface area contributed by atoms with E-state index in [1.165, 1.54) is 94.8 Å². The van der Waals surface area contributed by atoms with Crippen molar-refractivity contribution in [3.8, 4) is 32.4 Å². The summed E-state index contributed by atoms with van der Waals surface area (Å²) in [4.78, 5) is 13.8. The molecule has 0 bridgehead atoms. The molecule has 2 aromatic carbocycles. The van der Waals surface area contributed by atoms with Crippen molar-refractivity contribution in [3.05, 3.63) is 106 Å². The third-order valence-corrected chi connectivity index (χ3v) is 10.8. The van der Waals surface area contributed by atoms with Crippen LogP contribution in [0.4, 0.5) is 0 Å². The van der Waals surface area contributed by atoms with Gasteiger partial charge in [-0.15, -0.1) is 22.7 Å². The predicted molar refractivity (Wildman–Crippen MR) is 217 cm³/mol. The van der Waals surface area contributed by atoms with Gasteiger partial charge in [0.25, 0.3) is 0 Å². The van der Waals surface area contributed by atoms with E-state index in [0.717, 1.165) is 48.9 Å². The highest BCUT2D eigenvalue weighted by molar-refractivity contribution is 7.16. The Labute approximate surface area is 308 Å². The summed E-state index contributed by atoms with van der Waals surface area (Å²) in [6.07, 6.45) is 25.3. The van der Waals surface area contributed by atoms with E-state index in [1.54, 1.807) is 29.0 Å². The average Bonchev–Trinajstić information content (AvgIpc) is 3.84. The fourth-order valence-corrected chi connectivity index (χ4v) is 7.51. The fraction of sp³-hybridized carbons (Fsp3) is 0.364. The minimum absolute atomic E-state index is 0.791. The lowest BCUT2D eigenvalue weighted by Crippen LogP contribution is -1.97. The highest BCUT2D eigenvalue weighted by atomic mass is 32.1. The average molecular weight is 705 g/mol. The van der Waals surface area contributed by atoms with E-state index in [4.69, 9.17) is 9.47 Å². The van der Waals surface area contributed by atoms with Gasteiger partial charge in [0, 0.05) is 19.5 Å². The zero-order valence-corrected chi connectivity index (χ0v) is 31.5. The summed E-state index contributed by atoms with van der Waals surface area (Å²) in [7, 11) is 0. The molecule has 262 valence electrons. The van der Waals surface area contributed by atoms with Crippen molar-refractivity contribution in [1.82, 2.24) is 9.97 Å². The summed E-state index contributed by atoms with van der Waals surface area (Å²) < 4.78 is 11.9. The number of unbranched alkanes of at least 4 members (excludes halogenated alkanes) is 10. The maximum Gasteiger partial charge on any atom is 0.119 e. The van der Waals surface area contributed by atoms with Crippen molar-refractivity contribution in [3.63, 3.8) is 0 Å². The number of ether oxygens (including phenoxy) is 2. The van der Waals surface area contributed by atoms with Crippen molar-refractivity contribution in [2.45, 2.75) is 90.9 Å². The van der Waals surface area contributed by atoms with E-state index in [2.05, 4.69) is 121 Å². The van der Waals surface area contributed by atoms with Gasteiger partial charge in [0.05, 0.1) is 24.6 Å². The van der Waals surface area contributed by atoms with E-state index in [0.29, 0.717) is 0 Å². The monoisotopic (exact) mass is 704 g/mol. The second-order valence-corrected chi connectivity index (χ2v) is 15.0. The fourth-order valence-electron chi connectivity index (χ4n) is 5.68. The Morgan fingerprint density at radius 2 is 0.900 bits per heavy atom. The Hall–Kier alpha value is -4.00. The highest BCUT2D eigenvalue weighted by Gasteiger charge is 2.05. The van der Waals surface area contributed by atoms with Crippen molar-refractivity contribution >= 4 is 47.0 Å². The van der Waals surface area contributed by atoms with Crippen LogP contribution in [0.3, 0.4) is 0 Å². The molecule has 50 heavy (non-hydrogen) atoms. The van der Waals surface area contributed by atoms with Crippen molar-refractivity contribution in [1.29, 1.82) is 0 Å². The molecule has 0 saturated carbocycles. The SMILES string of the molecule is CCCCCCCCOc1ccc(-c2ccc(/C=C/c3cc(/C=C/c4ccc(-c5ccc(OCCCCCCCC)cc5)s4)ncn3)s2)cc1. The number of nitrogens with zero attached hydrogens (tertiary/aromatic N) is 2. The maximum atomic E-state index is 5.97. The first-order chi connectivity index (χ1) is 24.7. The van der Waals surface area contributed by atoms with E-state index < -0.39 is 0 Å². The first-order valence-electron chi connectivity index (χ1n) is 18.5. The molecular formula is C44H52N2O2S2. The molecule has 0 aliphatic rings. The normalized spacial score (nSPS) is 11.6. The van der Waals surface area contributed by atoms with Gasteiger partial charge in [0.1, 0.15) is 17.8 Å². The van der Waals surface area contributed by atoms with Gasteiger partial charge >= 0.3 is 0 Å². The summed E-state index contributed by atoms with van der Waals surface area (Å²) >= 11 is 3.54. The third kappa shape index (κ3) is 12.7. The molecule has 0 radical (unpaired) electrons. The van der Waals surface area contributed by atoms with Crippen LogP contribution in [-0.2, 0) is 0 Å². The van der Waals surface area contributed by atoms with Gasteiger partial charge in [0.15, 0.2) is 0 Å². The highest BCUT2D eigenvalue weighted by Crippen LogP contribution is 2.32. The van der Waals surface area contributed by atoms with Crippen molar-refractivity contribution in [2.75, 3.05) is 13.2 Å². The van der Waals surface area contributed by atoms with Crippen molar-refractivity contribution in [2.24, 2.45) is 0 Å². The Bertz CT molecular complexity index is 1610. The summed E-state index contributed by atoms with van der Waals surface area (Å²) in [5, 5.41) is 0. The lowest BCUT2D eigenvalue weighted by molar-refractivity contribution is 0.304. The van der Waals surface area contributed by atoms with Gasteiger partial charge in [-0.3, -0.25) is 0 Å². The van der Waals surface area contributed by atoms with Crippen LogP contribution in [0.2, 0.25) is 0 Å². The van der Waals surface area contributed by atoms with Gasteiger partial charge in [-0.1, -0.05) is 78.1 Å². The zero-order chi connectivity index (χ0) is 34.6. The van der Waals surface area contributed by atoms with E-state index >= 15 is 0 Å². The Morgan fingerprint density at radius 1 is 0.480 bits per heavy atom. The van der Waals surface area contributed by atoms with Crippen LogP contribution in [0.1, 0.15) is 112 Å². The first kappa shape index (κ1) is 37.3. The molecule has 0 aliphatic carbocycles. The van der Waals surface area contributed by atoms with Gasteiger partial charge in [-0.2, -0.15) is 0 Å². The molecule has 3 aromatic heterocycles. The molecular weight excluding hydrogens is 653 g/mol. The first-order valence-corrected chi connectivity index (χ1v) is 20.2. The Kier molecular flexibility index (Phi) is 15.9. The Balaban J connectivity index is 1.07. The molecule has 3 heterocycles. The lowest BCUT2D eigenvalue weighted by atomic mass is 10.1. The quantitative estimate of drug-likeness (QED) is 0.0673. The van der Waals surface area contributed by atoms with Gasteiger partial charge in [-0.05, 0) is 127 Å². The molecule has 0 saturated heterocycles. The van der Waals surface area contributed by atoms with Crippen molar-refractivity contribution < 1.29 is 9.47 Å². The van der Waals surface area contributed by atoms with Crippen LogP contribution >= 0.6 is 22.7 Å². The third-order valence-electron chi connectivity index (χ3n) is 8.61. The molecule has 6 heteroatoms. The molecule has 0 spiro atoms. The minimum atomic E-state index is 0.791. The van der Waals surface area contributed by atoms with Gasteiger partial charge < -0.3 is 9.47 Å². The minimum Gasteiger partial charge on any atom is -0.494 e. The van der Waals surface area contributed by atoms with Crippen LogP contribution in [-0.4, -0.2) is 23.2 Å². The van der Waals surface area contributed by atoms with Crippen LogP contribution in [0.25, 0.3) is 45.2 Å². The van der Waals surface area contributed by atoms with Crippen LogP contribution in [0.5, 0.6) is 11.5 Å². The molecule has 4 nitrogen and oxygen atoms in total.